The molecule has 1 nitrogen and oxygen atoms in total. The highest BCUT2D eigenvalue weighted by molar-refractivity contribution is 5.81. The quantitative estimate of drug-likeness (QED) is 0.573. The van der Waals surface area contributed by atoms with Crippen molar-refractivity contribution < 1.29 is 4.79 Å². The molecule has 0 spiro atoms. The average Bonchev–Trinajstić information content (AvgIpc) is 2.52. The molecule has 0 saturated carbocycles. The van der Waals surface area contributed by atoms with Crippen LogP contribution in [0.25, 0.3) is 0 Å². The molecular formula is C23H28O. The number of hydrogen-bond donors (Lipinski definition) is 0. The molecular weight excluding hydrogens is 292 g/mol. The molecule has 0 bridgehead atoms. The molecule has 24 heavy (non-hydrogen) atoms. The molecule has 0 aliphatic heterocycles. The zero-order valence-corrected chi connectivity index (χ0v) is 15.4. The first-order valence-electron chi connectivity index (χ1n) is 8.48. The Bertz CT molecular complexity index is 666. The van der Waals surface area contributed by atoms with Gasteiger partial charge in [-0.1, -0.05) is 51.0 Å². The third-order valence-corrected chi connectivity index (χ3v) is 4.20. The third-order valence-electron chi connectivity index (χ3n) is 4.20. The van der Waals surface area contributed by atoms with E-state index in [-0.39, 0.29) is 17.1 Å². The van der Waals surface area contributed by atoms with Gasteiger partial charge >= 0.3 is 0 Å². The Morgan fingerprint density at radius 3 is 2.71 bits per heavy atom. The zero-order chi connectivity index (χ0) is 18.2. The summed E-state index contributed by atoms with van der Waals surface area (Å²) < 4.78 is 0. The van der Waals surface area contributed by atoms with Crippen molar-refractivity contribution in [1.82, 2.24) is 0 Å². The first kappa shape index (κ1) is 19.8. The predicted molar refractivity (Wildman–Crippen MR) is 103 cm³/mol. The highest BCUT2D eigenvalue weighted by atomic mass is 16.1. The lowest BCUT2D eigenvalue weighted by Gasteiger charge is -2.23. The van der Waals surface area contributed by atoms with E-state index in [1.54, 1.807) is 0 Å². The Morgan fingerprint density at radius 1 is 1.42 bits per heavy atom. The molecule has 1 atom stereocenters. The molecule has 0 saturated heterocycles. The molecule has 0 radical (unpaired) electrons. The average molecular weight is 320 g/mol. The van der Waals surface area contributed by atoms with Crippen molar-refractivity contribution in [1.29, 1.82) is 0 Å². The van der Waals surface area contributed by atoms with Gasteiger partial charge in [-0.3, -0.25) is 4.79 Å². The largest absolute Gasteiger partial charge is 0.299 e. The van der Waals surface area contributed by atoms with Gasteiger partial charge in [0.05, 0.1) is 0 Å². The summed E-state index contributed by atoms with van der Waals surface area (Å²) in [5, 5.41) is 0. The summed E-state index contributed by atoms with van der Waals surface area (Å²) in [6, 6.07) is 0. The summed E-state index contributed by atoms with van der Waals surface area (Å²) in [4.78, 5) is 12.5. The molecule has 0 aromatic heterocycles. The van der Waals surface area contributed by atoms with E-state index in [1.807, 2.05) is 26.0 Å². The van der Waals surface area contributed by atoms with Crippen LogP contribution in [-0.4, -0.2) is 5.78 Å². The van der Waals surface area contributed by atoms with Crippen molar-refractivity contribution >= 4 is 5.78 Å². The van der Waals surface area contributed by atoms with Crippen LogP contribution in [0.2, 0.25) is 0 Å². The highest BCUT2D eigenvalue weighted by Gasteiger charge is 2.24. The predicted octanol–water partition coefficient (Wildman–Crippen LogP) is 5.41. The number of rotatable bonds is 7. The highest BCUT2D eigenvalue weighted by Crippen LogP contribution is 2.29. The molecule has 1 rings (SSSR count). The van der Waals surface area contributed by atoms with Crippen LogP contribution in [0, 0.1) is 36.0 Å². The summed E-state index contributed by atoms with van der Waals surface area (Å²) in [5.74, 6) is 5.60. The van der Waals surface area contributed by atoms with E-state index in [0.717, 1.165) is 18.4 Å². The maximum atomic E-state index is 12.5. The van der Waals surface area contributed by atoms with Gasteiger partial charge in [-0.2, -0.15) is 0 Å². The lowest BCUT2D eigenvalue weighted by molar-refractivity contribution is -0.124. The third kappa shape index (κ3) is 6.47. The molecule has 126 valence electrons. The van der Waals surface area contributed by atoms with Crippen LogP contribution in [0.5, 0.6) is 0 Å². The van der Waals surface area contributed by atoms with Gasteiger partial charge in [0.2, 0.25) is 0 Å². The molecule has 0 fully saturated rings. The zero-order valence-electron chi connectivity index (χ0n) is 15.4. The second-order valence-electron chi connectivity index (χ2n) is 7.23. The van der Waals surface area contributed by atoms with Crippen molar-refractivity contribution in [2.45, 2.75) is 53.4 Å². The van der Waals surface area contributed by atoms with Crippen molar-refractivity contribution in [3.8, 4) is 24.7 Å². The fraction of sp³-hybridized carbons (Fsp3) is 0.435. The van der Waals surface area contributed by atoms with Gasteiger partial charge < -0.3 is 0 Å². The van der Waals surface area contributed by atoms with Gasteiger partial charge in [-0.15, -0.1) is 18.8 Å². The first-order valence-corrected chi connectivity index (χ1v) is 8.48. The lowest BCUT2D eigenvalue weighted by Crippen LogP contribution is -2.21. The Balaban J connectivity index is 2.76. The van der Waals surface area contributed by atoms with Gasteiger partial charge in [-0.05, 0) is 42.4 Å². The monoisotopic (exact) mass is 320 g/mol. The molecule has 1 unspecified atom stereocenters. The van der Waals surface area contributed by atoms with E-state index in [0.29, 0.717) is 12.8 Å². The number of carbonyl (C=O) groups is 1. The van der Waals surface area contributed by atoms with Crippen molar-refractivity contribution in [3.05, 3.63) is 47.1 Å². The van der Waals surface area contributed by atoms with E-state index >= 15 is 0 Å². The van der Waals surface area contributed by atoms with Crippen LogP contribution < -0.4 is 0 Å². The van der Waals surface area contributed by atoms with Gasteiger partial charge in [0.15, 0.2) is 0 Å². The number of hydrogen-bond acceptors (Lipinski definition) is 1. The molecule has 0 amide bonds. The van der Waals surface area contributed by atoms with Gasteiger partial charge in [0, 0.05) is 24.3 Å². The van der Waals surface area contributed by atoms with Crippen LogP contribution in [0.4, 0.5) is 0 Å². The van der Waals surface area contributed by atoms with Crippen LogP contribution in [0.3, 0.4) is 0 Å². The second-order valence-corrected chi connectivity index (χ2v) is 7.23. The number of Topliss-reactive ketones (excluding diaryl/α,β-unsaturated/α-hetero) is 1. The molecule has 0 aromatic carbocycles. The standard InChI is InChI=1S/C23H28O/c1-7-13-23(5,6)17-22(24)18(4)14-20-11-10-12-21(16-20)15-19(8-2)9-3/h1-2,9-11,15-16,18H,12-14,17H2,3-6H3/b19-9-,21-15+. The molecule has 1 heteroatoms. The second kappa shape index (κ2) is 9.14. The van der Waals surface area contributed by atoms with Gasteiger partial charge in [-0.25, -0.2) is 0 Å². The van der Waals surface area contributed by atoms with E-state index in [9.17, 15) is 4.79 Å². The topological polar surface area (TPSA) is 17.1 Å². The van der Waals surface area contributed by atoms with E-state index in [4.69, 9.17) is 12.8 Å². The SMILES string of the molecule is C#CCC(C)(C)CC(=O)C(C)CC1=C/C(=C/C(C#C)=C\C)CC=C1. The Kier molecular flexibility index (Phi) is 7.54. The number of allylic oxidation sites excluding steroid dienone is 8. The summed E-state index contributed by atoms with van der Waals surface area (Å²) in [7, 11) is 0. The molecule has 1 aliphatic rings. The normalized spacial score (nSPS) is 17.8. The maximum Gasteiger partial charge on any atom is 0.136 e. The first-order chi connectivity index (χ1) is 11.3. The summed E-state index contributed by atoms with van der Waals surface area (Å²) >= 11 is 0. The van der Waals surface area contributed by atoms with Crippen molar-refractivity contribution in [2.24, 2.45) is 11.3 Å². The minimum atomic E-state index is -0.129. The van der Waals surface area contributed by atoms with Gasteiger partial charge in [0.25, 0.3) is 0 Å². The molecule has 0 aromatic rings. The minimum absolute atomic E-state index is 0.00822. The van der Waals surface area contributed by atoms with Crippen LogP contribution in [0.15, 0.2) is 47.1 Å². The molecule has 0 N–H and O–H groups in total. The summed E-state index contributed by atoms with van der Waals surface area (Å²) in [6.07, 6.45) is 24.0. The maximum absolute atomic E-state index is 12.5. The van der Waals surface area contributed by atoms with Crippen LogP contribution in [-0.2, 0) is 4.79 Å². The molecule has 0 heterocycles. The lowest BCUT2D eigenvalue weighted by atomic mass is 9.80. The minimum Gasteiger partial charge on any atom is -0.299 e. The van der Waals surface area contributed by atoms with E-state index in [1.165, 1.54) is 11.1 Å². The van der Waals surface area contributed by atoms with Crippen LogP contribution >= 0.6 is 0 Å². The number of terminal acetylenes is 2. The van der Waals surface area contributed by atoms with Crippen molar-refractivity contribution in [2.75, 3.05) is 0 Å². The van der Waals surface area contributed by atoms with Crippen LogP contribution in [0.1, 0.15) is 53.4 Å². The fourth-order valence-corrected chi connectivity index (χ4v) is 2.78. The Hall–Kier alpha value is -2.25. The number of carbonyl (C=O) groups excluding carboxylic acids is 1. The smallest absolute Gasteiger partial charge is 0.136 e. The molecule has 1 aliphatic carbocycles. The Labute approximate surface area is 147 Å². The summed E-state index contributed by atoms with van der Waals surface area (Å²) in [6.45, 7) is 8.04. The van der Waals surface area contributed by atoms with Crippen molar-refractivity contribution in [3.63, 3.8) is 0 Å². The summed E-state index contributed by atoms with van der Waals surface area (Å²) in [5.41, 5.74) is 3.12. The number of ketones is 1. The Morgan fingerprint density at radius 2 is 2.12 bits per heavy atom. The van der Waals surface area contributed by atoms with Gasteiger partial charge in [0.1, 0.15) is 5.78 Å². The fourth-order valence-electron chi connectivity index (χ4n) is 2.78. The van der Waals surface area contributed by atoms with E-state index in [2.05, 4.69) is 43.9 Å². The van der Waals surface area contributed by atoms with E-state index < -0.39 is 0 Å².